The molecule has 1 N–H and O–H groups in total. The highest BCUT2D eigenvalue weighted by molar-refractivity contribution is 9.10. The summed E-state index contributed by atoms with van der Waals surface area (Å²) in [4.78, 5) is 11.5. The summed E-state index contributed by atoms with van der Waals surface area (Å²) in [5, 5.41) is 2.59. The fraction of sp³-hybridized carbons (Fsp3) is 0.300. The molecule has 0 saturated heterocycles. The zero-order chi connectivity index (χ0) is 11.3. The van der Waals surface area contributed by atoms with Gasteiger partial charge in [0.1, 0.15) is 5.82 Å². The van der Waals surface area contributed by atoms with Gasteiger partial charge in [0.2, 0.25) is 0 Å². The first-order valence-corrected chi connectivity index (χ1v) is 5.77. The molecule has 0 aliphatic rings. The van der Waals surface area contributed by atoms with Gasteiger partial charge in [-0.1, -0.05) is 6.07 Å². The van der Waals surface area contributed by atoms with Crippen LogP contribution in [0.25, 0.3) is 0 Å². The second-order valence-corrected chi connectivity index (χ2v) is 4.13. The third-order valence-corrected chi connectivity index (χ3v) is 2.71. The van der Waals surface area contributed by atoms with E-state index in [4.69, 9.17) is 11.6 Å². The SMILES string of the molecule is O=C(NCCCCl)c1c(F)cccc1Br. The van der Waals surface area contributed by atoms with Crippen molar-refractivity contribution in [3.63, 3.8) is 0 Å². The molecule has 0 radical (unpaired) electrons. The van der Waals surface area contributed by atoms with Crippen molar-refractivity contribution >= 4 is 33.4 Å². The summed E-state index contributed by atoms with van der Waals surface area (Å²) in [7, 11) is 0. The van der Waals surface area contributed by atoms with Crippen LogP contribution in [0.4, 0.5) is 4.39 Å². The molecule has 5 heteroatoms. The lowest BCUT2D eigenvalue weighted by molar-refractivity contribution is 0.0949. The second kappa shape index (κ2) is 6.08. The number of alkyl halides is 1. The van der Waals surface area contributed by atoms with Crippen LogP contribution in [0.1, 0.15) is 16.8 Å². The lowest BCUT2D eigenvalue weighted by Gasteiger charge is -2.06. The Bertz CT molecular complexity index is 339. The van der Waals surface area contributed by atoms with Crippen molar-refractivity contribution in [2.75, 3.05) is 12.4 Å². The van der Waals surface area contributed by atoms with Crippen molar-refractivity contribution in [3.05, 3.63) is 34.1 Å². The van der Waals surface area contributed by atoms with E-state index in [0.717, 1.165) is 0 Å². The molecule has 2 nitrogen and oxygen atoms in total. The van der Waals surface area contributed by atoms with Crippen LogP contribution in [-0.2, 0) is 0 Å². The molecule has 1 aromatic carbocycles. The van der Waals surface area contributed by atoms with Crippen LogP contribution in [0.15, 0.2) is 22.7 Å². The van der Waals surface area contributed by atoms with Gasteiger partial charge in [0.15, 0.2) is 0 Å². The van der Waals surface area contributed by atoms with Crippen LogP contribution < -0.4 is 5.32 Å². The van der Waals surface area contributed by atoms with Gasteiger partial charge >= 0.3 is 0 Å². The fourth-order valence-corrected chi connectivity index (χ4v) is 1.73. The lowest BCUT2D eigenvalue weighted by Crippen LogP contribution is -2.26. The summed E-state index contributed by atoms with van der Waals surface area (Å²) < 4.78 is 13.7. The van der Waals surface area contributed by atoms with E-state index in [1.807, 2.05) is 0 Å². The topological polar surface area (TPSA) is 29.1 Å². The number of carbonyl (C=O) groups is 1. The Labute approximate surface area is 101 Å². The molecule has 0 aromatic heterocycles. The molecule has 0 bridgehead atoms. The third-order valence-electron chi connectivity index (χ3n) is 1.79. The van der Waals surface area contributed by atoms with E-state index in [2.05, 4.69) is 21.2 Å². The molecule has 0 spiro atoms. The minimum absolute atomic E-state index is 0.0343. The van der Waals surface area contributed by atoms with E-state index in [1.165, 1.54) is 12.1 Å². The standard InChI is InChI=1S/C10H10BrClFNO/c11-7-3-1-4-8(13)9(7)10(15)14-6-2-5-12/h1,3-4H,2,5-6H2,(H,14,15). The zero-order valence-corrected chi connectivity index (χ0v) is 10.2. The van der Waals surface area contributed by atoms with Gasteiger partial charge in [-0.05, 0) is 34.5 Å². The summed E-state index contributed by atoms with van der Waals surface area (Å²) in [5.41, 5.74) is 0.0343. The minimum Gasteiger partial charge on any atom is -0.352 e. The molecule has 1 amide bonds. The normalized spacial score (nSPS) is 10.1. The summed E-state index contributed by atoms with van der Waals surface area (Å²) in [5.74, 6) is -0.489. The number of hydrogen-bond donors (Lipinski definition) is 1. The van der Waals surface area contributed by atoms with Gasteiger partial charge in [-0.3, -0.25) is 4.79 Å². The Balaban J connectivity index is 2.73. The molecule has 82 valence electrons. The maximum absolute atomic E-state index is 13.3. The van der Waals surface area contributed by atoms with E-state index in [1.54, 1.807) is 6.07 Å². The number of amides is 1. The number of nitrogens with one attached hydrogen (secondary N) is 1. The fourth-order valence-electron chi connectivity index (χ4n) is 1.07. The number of benzene rings is 1. The first kappa shape index (κ1) is 12.5. The van der Waals surface area contributed by atoms with Gasteiger partial charge in [-0.2, -0.15) is 0 Å². The molecule has 0 aliphatic carbocycles. The maximum atomic E-state index is 13.3. The molecule has 1 rings (SSSR count). The van der Waals surface area contributed by atoms with Crippen LogP contribution in [0.2, 0.25) is 0 Å². The Morgan fingerprint density at radius 2 is 2.27 bits per heavy atom. The first-order chi connectivity index (χ1) is 7.16. The van der Waals surface area contributed by atoms with Crippen molar-refractivity contribution in [1.29, 1.82) is 0 Å². The monoisotopic (exact) mass is 293 g/mol. The quantitative estimate of drug-likeness (QED) is 0.671. The average molecular weight is 295 g/mol. The van der Waals surface area contributed by atoms with Crippen LogP contribution >= 0.6 is 27.5 Å². The van der Waals surface area contributed by atoms with E-state index in [9.17, 15) is 9.18 Å². The maximum Gasteiger partial charge on any atom is 0.255 e. The number of hydrogen-bond acceptors (Lipinski definition) is 1. The Hall–Kier alpha value is -0.610. The number of rotatable bonds is 4. The number of carbonyl (C=O) groups excluding carboxylic acids is 1. The highest BCUT2D eigenvalue weighted by Crippen LogP contribution is 2.19. The van der Waals surface area contributed by atoms with E-state index in [0.29, 0.717) is 23.3 Å². The predicted octanol–water partition coefficient (Wildman–Crippen LogP) is 2.95. The highest BCUT2D eigenvalue weighted by atomic mass is 79.9. The molecule has 0 heterocycles. The van der Waals surface area contributed by atoms with Crippen molar-refractivity contribution in [2.24, 2.45) is 0 Å². The van der Waals surface area contributed by atoms with Crippen molar-refractivity contribution < 1.29 is 9.18 Å². The second-order valence-electron chi connectivity index (χ2n) is 2.90. The number of halogens is 3. The highest BCUT2D eigenvalue weighted by Gasteiger charge is 2.14. The van der Waals surface area contributed by atoms with Gasteiger partial charge < -0.3 is 5.32 Å². The van der Waals surface area contributed by atoms with Gasteiger partial charge in [0, 0.05) is 16.9 Å². The summed E-state index contributed by atoms with van der Waals surface area (Å²) >= 11 is 8.59. The smallest absolute Gasteiger partial charge is 0.255 e. The molecule has 1 aromatic rings. The Kier molecular flexibility index (Phi) is 5.05. The first-order valence-electron chi connectivity index (χ1n) is 4.45. The van der Waals surface area contributed by atoms with Crippen LogP contribution in [0.5, 0.6) is 0 Å². The van der Waals surface area contributed by atoms with Crippen LogP contribution in [0.3, 0.4) is 0 Å². The van der Waals surface area contributed by atoms with E-state index in [-0.39, 0.29) is 5.56 Å². The van der Waals surface area contributed by atoms with Gasteiger partial charge in [0.05, 0.1) is 5.56 Å². The largest absolute Gasteiger partial charge is 0.352 e. The Morgan fingerprint density at radius 1 is 1.53 bits per heavy atom. The molecular formula is C10H10BrClFNO. The molecule has 0 saturated carbocycles. The molecule has 0 aliphatic heterocycles. The van der Waals surface area contributed by atoms with Gasteiger partial charge in [-0.15, -0.1) is 11.6 Å². The van der Waals surface area contributed by atoms with Crippen molar-refractivity contribution in [3.8, 4) is 0 Å². The summed E-state index contributed by atoms with van der Waals surface area (Å²) in [6.07, 6.45) is 0.666. The van der Waals surface area contributed by atoms with E-state index >= 15 is 0 Å². The lowest BCUT2D eigenvalue weighted by atomic mass is 10.2. The Morgan fingerprint density at radius 3 is 2.87 bits per heavy atom. The van der Waals surface area contributed by atoms with Gasteiger partial charge in [-0.25, -0.2) is 4.39 Å². The zero-order valence-electron chi connectivity index (χ0n) is 7.90. The van der Waals surface area contributed by atoms with Crippen LogP contribution in [-0.4, -0.2) is 18.3 Å². The summed E-state index contributed by atoms with van der Waals surface area (Å²) in [6.45, 7) is 0.448. The minimum atomic E-state index is -0.534. The van der Waals surface area contributed by atoms with Crippen LogP contribution in [0, 0.1) is 5.82 Å². The van der Waals surface area contributed by atoms with E-state index < -0.39 is 11.7 Å². The average Bonchev–Trinajstić information content (AvgIpc) is 2.18. The predicted molar refractivity (Wildman–Crippen MR) is 61.8 cm³/mol. The molecule has 0 fully saturated rings. The molecule has 0 atom stereocenters. The summed E-state index contributed by atoms with van der Waals surface area (Å²) in [6, 6.07) is 4.41. The molecular weight excluding hydrogens is 284 g/mol. The van der Waals surface area contributed by atoms with Gasteiger partial charge in [0.25, 0.3) is 5.91 Å². The molecule has 15 heavy (non-hydrogen) atoms. The van der Waals surface area contributed by atoms with Crippen molar-refractivity contribution in [1.82, 2.24) is 5.32 Å². The molecule has 0 unspecified atom stereocenters. The third kappa shape index (κ3) is 3.47. The van der Waals surface area contributed by atoms with Crippen molar-refractivity contribution in [2.45, 2.75) is 6.42 Å².